The van der Waals surface area contributed by atoms with Crippen molar-refractivity contribution in [2.75, 3.05) is 18.4 Å². The first-order valence-electron chi connectivity index (χ1n) is 11.6. The van der Waals surface area contributed by atoms with E-state index in [0.29, 0.717) is 25.0 Å². The molecule has 2 aliphatic rings. The van der Waals surface area contributed by atoms with E-state index in [9.17, 15) is 40.5 Å². The van der Waals surface area contributed by atoms with Crippen LogP contribution >= 0.6 is 11.6 Å². The molecule has 0 bridgehead atoms. The number of amides is 3. The number of hydrogen-bond acceptors (Lipinski definition) is 4. The van der Waals surface area contributed by atoms with Gasteiger partial charge in [0, 0.05) is 43.1 Å². The van der Waals surface area contributed by atoms with Gasteiger partial charge in [-0.1, -0.05) is 11.6 Å². The van der Waals surface area contributed by atoms with Gasteiger partial charge in [-0.3, -0.25) is 14.4 Å². The molecule has 2 atom stereocenters. The Hall–Kier alpha value is -3.04. The first-order chi connectivity index (χ1) is 18.1. The van der Waals surface area contributed by atoms with Crippen LogP contribution in [0.4, 0.5) is 27.6 Å². The third-order valence-corrected chi connectivity index (χ3v) is 8.19. The Morgan fingerprint density at radius 2 is 1.74 bits per heavy atom. The standard InChI is InChI=1S/C23H23ClF5N5O4S/c1-22(4-5-22)31-20(36)21(37)34-6-3-15(23(28,29)10-34)32-39(38)14-9-33(2)18(16(14)24)19(35)30-11-7-12(25)17(27)13(26)8-11/h7-9,15,32H,3-6,10H2,1-2H3,(H,30,35)(H,31,36). The summed E-state index contributed by atoms with van der Waals surface area (Å²) < 4.78 is 86.3. The van der Waals surface area contributed by atoms with Crippen LogP contribution in [0.25, 0.3) is 0 Å². The van der Waals surface area contributed by atoms with Gasteiger partial charge in [-0.2, -0.15) is 0 Å². The maximum Gasteiger partial charge on any atom is 0.312 e. The largest absolute Gasteiger partial charge is 0.344 e. The molecule has 2 heterocycles. The van der Waals surface area contributed by atoms with Crippen molar-refractivity contribution in [3.63, 3.8) is 0 Å². The molecule has 212 valence electrons. The van der Waals surface area contributed by atoms with Gasteiger partial charge in [-0.25, -0.2) is 30.9 Å². The summed E-state index contributed by atoms with van der Waals surface area (Å²) in [6.45, 7) is 0.463. The molecule has 0 radical (unpaired) electrons. The highest BCUT2D eigenvalue weighted by atomic mass is 35.5. The number of aromatic nitrogens is 1. The number of hydrogen-bond donors (Lipinski definition) is 3. The molecule has 1 aromatic heterocycles. The average Bonchev–Trinajstić information content (AvgIpc) is 3.48. The second-order valence-electron chi connectivity index (χ2n) is 9.71. The van der Waals surface area contributed by atoms with Crippen molar-refractivity contribution in [2.24, 2.45) is 7.05 Å². The Bertz CT molecular complexity index is 1360. The van der Waals surface area contributed by atoms with Crippen LogP contribution < -0.4 is 15.4 Å². The molecule has 2 aromatic rings. The third kappa shape index (κ3) is 6.09. The number of alkyl halides is 2. The van der Waals surface area contributed by atoms with Crippen LogP contribution in [0, 0.1) is 17.5 Å². The lowest BCUT2D eigenvalue weighted by molar-refractivity contribution is -0.154. The van der Waals surface area contributed by atoms with Crippen LogP contribution in [0.2, 0.25) is 5.02 Å². The fourth-order valence-corrected chi connectivity index (χ4v) is 5.68. The quantitative estimate of drug-likeness (QED) is 0.271. The van der Waals surface area contributed by atoms with Crippen LogP contribution in [0.1, 0.15) is 36.7 Å². The zero-order chi connectivity index (χ0) is 28.9. The number of aryl methyl sites for hydroxylation is 1. The molecule has 4 rings (SSSR count). The molecule has 2 unspecified atom stereocenters. The van der Waals surface area contributed by atoms with Gasteiger partial charge < -0.3 is 20.1 Å². The maximum atomic E-state index is 14.9. The van der Waals surface area contributed by atoms with E-state index >= 15 is 0 Å². The lowest BCUT2D eigenvalue weighted by Crippen LogP contribution is -2.60. The van der Waals surface area contributed by atoms with Crippen molar-refractivity contribution in [3.8, 4) is 0 Å². The first kappa shape index (κ1) is 29.0. The zero-order valence-corrected chi connectivity index (χ0v) is 22.1. The number of likely N-dealkylation sites (tertiary alicyclic amines) is 1. The van der Waals surface area contributed by atoms with Crippen molar-refractivity contribution >= 4 is 46.0 Å². The molecular formula is C23H23ClF5N5O4S. The molecule has 1 aliphatic carbocycles. The van der Waals surface area contributed by atoms with Crippen LogP contribution in [0.3, 0.4) is 0 Å². The van der Waals surface area contributed by atoms with E-state index in [2.05, 4.69) is 15.4 Å². The Labute approximate surface area is 226 Å². The Morgan fingerprint density at radius 3 is 2.31 bits per heavy atom. The van der Waals surface area contributed by atoms with Gasteiger partial charge in [0.1, 0.15) is 16.7 Å². The van der Waals surface area contributed by atoms with Crippen molar-refractivity contribution < 1.29 is 40.5 Å². The molecule has 3 amide bonds. The summed E-state index contributed by atoms with van der Waals surface area (Å²) in [7, 11) is -1.02. The smallest absolute Gasteiger partial charge is 0.312 e. The number of anilines is 1. The Kier molecular flexibility index (Phi) is 7.80. The number of halogens is 6. The maximum absolute atomic E-state index is 14.9. The van der Waals surface area contributed by atoms with Crippen molar-refractivity contribution in [3.05, 3.63) is 46.5 Å². The number of nitrogens with zero attached hydrogens (tertiary/aromatic N) is 2. The summed E-state index contributed by atoms with van der Waals surface area (Å²) in [5.41, 5.74) is -1.23. The van der Waals surface area contributed by atoms with Crippen LogP contribution in [0.5, 0.6) is 0 Å². The van der Waals surface area contributed by atoms with E-state index in [-0.39, 0.29) is 28.6 Å². The summed E-state index contributed by atoms with van der Waals surface area (Å²) in [6.07, 6.45) is 2.18. The highest BCUT2D eigenvalue weighted by molar-refractivity contribution is 7.83. The zero-order valence-electron chi connectivity index (χ0n) is 20.5. The molecule has 3 N–H and O–H groups in total. The Balaban J connectivity index is 1.42. The summed E-state index contributed by atoms with van der Waals surface area (Å²) in [5, 5.41) is 4.28. The fourth-order valence-electron chi connectivity index (χ4n) is 4.01. The molecule has 16 heteroatoms. The van der Waals surface area contributed by atoms with Gasteiger partial charge in [0.25, 0.3) is 11.8 Å². The van der Waals surface area contributed by atoms with E-state index in [1.165, 1.54) is 7.05 Å². The van der Waals surface area contributed by atoms with Gasteiger partial charge in [-0.05, 0) is 26.2 Å². The lowest BCUT2D eigenvalue weighted by Gasteiger charge is -2.38. The molecule has 2 fully saturated rings. The van der Waals surface area contributed by atoms with E-state index in [1.54, 1.807) is 6.92 Å². The minimum atomic E-state index is -3.56. The van der Waals surface area contributed by atoms with Crippen LogP contribution in [0.15, 0.2) is 23.2 Å². The molecule has 1 aromatic carbocycles. The summed E-state index contributed by atoms with van der Waals surface area (Å²) in [5.74, 6) is -11.4. The van der Waals surface area contributed by atoms with Crippen molar-refractivity contribution in [1.82, 2.24) is 19.5 Å². The number of rotatable bonds is 6. The molecule has 39 heavy (non-hydrogen) atoms. The third-order valence-electron chi connectivity index (χ3n) is 6.49. The Morgan fingerprint density at radius 1 is 1.13 bits per heavy atom. The van der Waals surface area contributed by atoms with E-state index < -0.39 is 75.9 Å². The van der Waals surface area contributed by atoms with Gasteiger partial charge in [0.2, 0.25) is 0 Å². The van der Waals surface area contributed by atoms with Crippen LogP contribution in [-0.2, 0) is 27.6 Å². The molecular weight excluding hydrogens is 573 g/mol. The van der Waals surface area contributed by atoms with Gasteiger partial charge >= 0.3 is 11.8 Å². The van der Waals surface area contributed by atoms with E-state index in [1.807, 2.05) is 0 Å². The highest BCUT2D eigenvalue weighted by Gasteiger charge is 2.48. The molecule has 9 nitrogen and oxygen atoms in total. The predicted octanol–water partition coefficient (Wildman–Crippen LogP) is 2.87. The monoisotopic (exact) mass is 595 g/mol. The number of carbonyl (C=O) groups excluding carboxylic acids is 3. The van der Waals surface area contributed by atoms with Crippen LogP contribution in [-0.4, -0.2) is 62.0 Å². The number of carbonyl (C=O) groups is 3. The highest BCUT2D eigenvalue weighted by Crippen LogP contribution is 2.35. The number of nitrogens with one attached hydrogen (secondary N) is 3. The molecule has 1 saturated carbocycles. The van der Waals surface area contributed by atoms with Gasteiger partial charge in [0.05, 0.1) is 22.5 Å². The summed E-state index contributed by atoms with van der Waals surface area (Å²) in [4.78, 5) is 37.7. The van der Waals surface area contributed by atoms with E-state index in [0.717, 1.165) is 15.7 Å². The predicted molar refractivity (Wildman–Crippen MR) is 130 cm³/mol. The second kappa shape index (κ2) is 10.5. The number of benzene rings is 1. The molecule has 0 spiro atoms. The average molecular weight is 596 g/mol. The minimum Gasteiger partial charge on any atom is -0.344 e. The molecule has 1 aliphatic heterocycles. The van der Waals surface area contributed by atoms with Gasteiger partial charge in [-0.15, -0.1) is 0 Å². The fraction of sp³-hybridized carbons (Fsp3) is 0.435. The summed E-state index contributed by atoms with van der Waals surface area (Å²) >= 11 is 6.21. The van der Waals surface area contributed by atoms with Crippen molar-refractivity contribution in [2.45, 2.75) is 48.6 Å². The lowest BCUT2D eigenvalue weighted by atomic mass is 10.0. The SMILES string of the molecule is Cn1cc(S(=O)NC2CCN(C(=O)C(=O)NC3(C)CC3)CC2(F)F)c(Cl)c1C(=O)Nc1cc(F)c(F)c(F)c1. The normalized spacial score (nSPS) is 20.3. The van der Waals surface area contributed by atoms with E-state index in [4.69, 9.17) is 11.6 Å². The minimum absolute atomic E-state index is 0.200. The second-order valence-corrected chi connectivity index (χ2v) is 11.3. The summed E-state index contributed by atoms with van der Waals surface area (Å²) in [6, 6.07) is -0.573. The van der Waals surface area contributed by atoms with Gasteiger partial charge in [0.15, 0.2) is 17.5 Å². The molecule has 1 saturated heterocycles. The first-order valence-corrected chi connectivity index (χ1v) is 13.1. The topological polar surface area (TPSA) is 113 Å². The number of piperidine rings is 1. The van der Waals surface area contributed by atoms with Crippen molar-refractivity contribution in [1.29, 1.82) is 0 Å².